The van der Waals surface area contributed by atoms with Gasteiger partial charge in [0.1, 0.15) is 16.9 Å². The molecule has 0 spiro atoms. The van der Waals surface area contributed by atoms with Crippen LogP contribution in [-0.2, 0) is 22.0 Å². The number of hydrogen-bond donors (Lipinski definition) is 3. The Hall–Kier alpha value is -2.38. The van der Waals surface area contributed by atoms with E-state index in [-0.39, 0.29) is 35.6 Å². The molecule has 1 aromatic carbocycles. The number of hydrogen-bond acceptors (Lipinski definition) is 8. The summed E-state index contributed by atoms with van der Waals surface area (Å²) in [6, 6.07) is 0.920. The predicted octanol–water partition coefficient (Wildman–Crippen LogP) is 2.83. The van der Waals surface area contributed by atoms with Gasteiger partial charge in [-0.05, 0) is 51.7 Å². The van der Waals surface area contributed by atoms with Gasteiger partial charge >= 0.3 is 0 Å². The summed E-state index contributed by atoms with van der Waals surface area (Å²) in [5.41, 5.74) is 1.26. The van der Waals surface area contributed by atoms with Crippen LogP contribution in [0.3, 0.4) is 0 Å². The van der Waals surface area contributed by atoms with Crippen LogP contribution in [-0.4, -0.2) is 73.9 Å². The van der Waals surface area contributed by atoms with Crippen molar-refractivity contribution in [3.8, 4) is 11.3 Å². The number of halogens is 2. The van der Waals surface area contributed by atoms with Crippen molar-refractivity contribution >= 4 is 38.6 Å². The quantitative estimate of drug-likeness (QED) is 0.440. The Morgan fingerprint density at radius 3 is 2.65 bits per heavy atom. The number of β-amino-alcohol motifs (C(OH)–C–C–N with tert-alkyl or cyclic N) is 1. The van der Waals surface area contributed by atoms with Crippen molar-refractivity contribution in [3.63, 3.8) is 0 Å². The van der Waals surface area contributed by atoms with Gasteiger partial charge in [-0.1, -0.05) is 11.6 Å². The third kappa shape index (κ3) is 4.69. The number of piperidine rings is 1. The molecule has 3 atom stereocenters. The third-order valence-corrected chi connectivity index (χ3v) is 8.69. The maximum absolute atomic E-state index is 15.4. The van der Waals surface area contributed by atoms with Crippen LogP contribution in [0.15, 0.2) is 12.3 Å². The second-order valence-electron chi connectivity index (χ2n) is 10.5. The Morgan fingerprint density at radius 2 is 2.00 bits per heavy atom. The van der Waals surface area contributed by atoms with Crippen molar-refractivity contribution in [1.82, 2.24) is 23.8 Å². The maximum Gasteiger partial charge on any atom is 0.223 e. The molecule has 1 fully saturated rings. The van der Waals surface area contributed by atoms with Gasteiger partial charge < -0.3 is 20.1 Å². The van der Waals surface area contributed by atoms with E-state index in [9.17, 15) is 18.6 Å². The van der Waals surface area contributed by atoms with Gasteiger partial charge in [0.25, 0.3) is 0 Å². The molecule has 3 aromatic rings. The molecule has 13 heteroatoms. The molecule has 0 radical (unpaired) electrons. The van der Waals surface area contributed by atoms with E-state index in [4.69, 9.17) is 11.6 Å². The fourth-order valence-corrected chi connectivity index (χ4v) is 6.32. The van der Waals surface area contributed by atoms with E-state index in [1.807, 2.05) is 11.5 Å². The molecule has 2 aliphatic heterocycles. The van der Waals surface area contributed by atoms with E-state index >= 15 is 4.39 Å². The van der Waals surface area contributed by atoms with Crippen molar-refractivity contribution in [2.75, 3.05) is 24.7 Å². The average molecular weight is 553 g/mol. The number of sulfonamides is 1. The molecule has 10 nitrogen and oxygen atoms in total. The van der Waals surface area contributed by atoms with Crippen LogP contribution >= 0.6 is 11.6 Å². The lowest BCUT2D eigenvalue weighted by Gasteiger charge is -2.34. The van der Waals surface area contributed by atoms with Crippen molar-refractivity contribution in [3.05, 3.63) is 34.5 Å². The molecule has 0 saturated carbocycles. The number of benzene rings is 1. The van der Waals surface area contributed by atoms with E-state index in [1.54, 1.807) is 13.8 Å². The fraction of sp³-hybridized carbons (Fsp3) is 0.542. The Morgan fingerprint density at radius 1 is 1.27 bits per heavy atom. The van der Waals surface area contributed by atoms with E-state index in [2.05, 4.69) is 20.3 Å². The van der Waals surface area contributed by atoms with E-state index in [0.29, 0.717) is 35.4 Å². The number of aromatic nitrogens is 4. The normalized spacial score (nSPS) is 23.0. The second-order valence-corrected chi connectivity index (χ2v) is 12.8. The lowest BCUT2D eigenvalue weighted by atomic mass is 9.93. The maximum atomic E-state index is 15.4. The first kappa shape index (κ1) is 26.2. The summed E-state index contributed by atoms with van der Waals surface area (Å²) < 4.78 is 42.2. The fourth-order valence-electron chi connectivity index (χ4n) is 5.27. The highest BCUT2D eigenvalue weighted by molar-refractivity contribution is 7.88. The molecule has 0 amide bonds. The minimum atomic E-state index is -3.40. The Labute approximate surface area is 219 Å². The van der Waals surface area contributed by atoms with Crippen LogP contribution in [0.25, 0.3) is 22.3 Å². The molecule has 0 bridgehead atoms. The zero-order chi connectivity index (χ0) is 26.9. The van der Waals surface area contributed by atoms with Crippen molar-refractivity contribution < 1.29 is 23.0 Å². The molecule has 2 aliphatic rings. The molecule has 0 aliphatic carbocycles. The highest BCUT2D eigenvalue weighted by Gasteiger charge is 2.35. The van der Waals surface area contributed by atoms with Gasteiger partial charge in [0.05, 0.1) is 40.8 Å². The highest BCUT2D eigenvalue weighted by Crippen LogP contribution is 2.42. The van der Waals surface area contributed by atoms with Crippen molar-refractivity contribution in [1.29, 1.82) is 0 Å². The van der Waals surface area contributed by atoms with E-state index < -0.39 is 33.6 Å². The smallest absolute Gasteiger partial charge is 0.223 e. The third-order valence-electron chi connectivity index (χ3n) is 7.15. The van der Waals surface area contributed by atoms with Crippen LogP contribution in [0, 0.1) is 5.82 Å². The summed E-state index contributed by atoms with van der Waals surface area (Å²) in [4.78, 5) is 13.3. The van der Waals surface area contributed by atoms with Crippen LogP contribution in [0.2, 0.25) is 5.02 Å². The minimum absolute atomic E-state index is 0.0194. The zero-order valence-electron chi connectivity index (χ0n) is 21.0. The van der Waals surface area contributed by atoms with Crippen molar-refractivity contribution in [2.24, 2.45) is 0 Å². The molecule has 5 rings (SSSR count). The summed E-state index contributed by atoms with van der Waals surface area (Å²) >= 11 is 6.51. The average Bonchev–Trinajstić information content (AvgIpc) is 3.23. The molecule has 3 N–H and O–H groups in total. The lowest BCUT2D eigenvalue weighted by Crippen LogP contribution is -2.51. The van der Waals surface area contributed by atoms with Crippen molar-refractivity contribution in [2.45, 2.75) is 63.8 Å². The van der Waals surface area contributed by atoms with Crippen LogP contribution in [0.5, 0.6) is 0 Å². The zero-order valence-corrected chi connectivity index (χ0v) is 22.6. The van der Waals surface area contributed by atoms with E-state index in [1.165, 1.54) is 16.6 Å². The molecule has 200 valence electrons. The largest absolute Gasteiger partial charge is 0.390 e. The van der Waals surface area contributed by atoms with Crippen LogP contribution in [0.4, 0.5) is 10.3 Å². The summed E-state index contributed by atoms with van der Waals surface area (Å²) in [6.45, 7) is 5.50. The van der Waals surface area contributed by atoms with Gasteiger partial charge in [-0.2, -0.15) is 4.31 Å². The van der Waals surface area contributed by atoms with Crippen LogP contribution in [0.1, 0.15) is 51.0 Å². The number of aryl methyl sites for hydroxylation is 1. The topological polar surface area (TPSA) is 133 Å². The molecule has 37 heavy (non-hydrogen) atoms. The molecular formula is C24H30ClFN6O4S. The van der Waals surface area contributed by atoms with Gasteiger partial charge in [0, 0.05) is 24.7 Å². The number of aliphatic hydroxyl groups is 2. The van der Waals surface area contributed by atoms with E-state index in [0.717, 1.165) is 18.2 Å². The Kier molecular flexibility index (Phi) is 6.47. The molecule has 1 saturated heterocycles. The number of nitrogens with zero attached hydrogens (tertiary/aromatic N) is 5. The van der Waals surface area contributed by atoms with Gasteiger partial charge in [-0.3, -0.25) is 0 Å². The summed E-state index contributed by atoms with van der Waals surface area (Å²) in [5.74, 6) is 0.0521. The lowest BCUT2D eigenvalue weighted by molar-refractivity contribution is 0.0634. The summed E-state index contributed by atoms with van der Waals surface area (Å²) in [7, 11) is -3.40. The number of aliphatic hydroxyl groups excluding tert-OH is 1. The van der Waals surface area contributed by atoms with Crippen LogP contribution < -0.4 is 5.32 Å². The van der Waals surface area contributed by atoms with Gasteiger partial charge in [-0.15, -0.1) is 0 Å². The Bertz CT molecular complexity index is 1490. The number of imidazole rings is 1. The summed E-state index contributed by atoms with van der Waals surface area (Å²) in [5, 5.41) is 24.6. The van der Waals surface area contributed by atoms with Gasteiger partial charge in [-0.25, -0.2) is 27.8 Å². The monoisotopic (exact) mass is 552 g/mol. The minimum Gasteiger partial charge on any atom is -0.390 e. The number of anilines is 1. The highest BCUT2D eigenvalue weighted by atomic mass is 35.5. The first-order valence-corrected chi connectivity index (χ1v) is 14.4. The molecule has 2 aromatic heterocycles. The molecule has 4 heterocycles. The van der Waals surface area contributed by atoms with Gasteiger partial charge in [0.15, 0.2) is 5.82 Å². The molecule has 0 unspecified atom stereocenters. The first-order chi connectivity index (χ1) is 17.3. The molecular weight excluding hydrogens is 523 g/mol. The Balaban J connectivity index is 1.55. The first-order valence-electron chi connectivity index (χ1n) is 12.1. The van der Waals surface area contributed by atoms with Gasteiger partial charge in [0.2, 0.25) is 16.0 Å². The number of nitrogens with one attached hydrogen (secondary N) is 1. The second kappa shape index (κ2) is 9.12. The predicted molar refractivity (Wildman–Crippen MR) is 138 cm³/mol. The number of rotatable bonds is 5. The standard InChI is InChI=1S/C24H30ClFN6O4S/c1-12-5-6-13-14(9-16(26)20-21(13)32(12)22(29-20)24(2,3)34)19-15(25)10-27-23(30-19)28-17-7-8-31(11-18(17)33)37(4,35)36/h9-10,12,17-18,33-34H,5-8,11H2,1-4H3,(H,27,28,30)/t12-,17-,18-/m1/s1. The SMILES string of the molecule is C[C@@H]1CCc2c(-c3nc(N[C@@H]4CCN(S(C)(=O)=O)C[C@H]4O)ncc3Cl)cc(F)c3nc(C(C)(C)O)n1c23. The summed E-state index contributed by atoms with van der Waals surface area (Å²) in [6.07, 6.45) is 3.34.